The Kier molecular flexibility index (Phi) is 5.29. The first-order valence-electron chi connectivity index (χ1n) is 9.11. The van der Waals surface area contributed by atoms with E-state index in [4.69, 9.17) is 14.2 Å². The number of rotatable bonds is 3. The van der Waals surface area contributed by atoms with Gasteiger partial charge >= 0.3 is 11.9 Å². The van der Waals surface area contributed by atoms with Crippen molar-refractivity contribution in [2.45, 2.75) is 63.6 Å². The zero-order valence-electron chi connectivity index (χ0n) is 15.8. The van der Waals surface area contributed by atoms with E-state index in [1.54, 1.807) is 32.9 Å². The topological polar surface area (TPSA) is 106 Å². The fraction of sp³-hybridized carbons (Fsp3) is 0.600. The third-order valence-electron chi connectivity index (χ3n) is 5.79. The normalized spacial score (nSPS) is 39.1. The van der Waals surface area contributed by atoms with Gasteiger partial charge in [0, 0.05) is 24.0 Å². The predicted molar refractivity (Wildman–Crippen MR) is 95.5 cm³/mol. The number of carbonyl (C=O) groups excluding carboxylic acids is 2. The Bertz CT molecular complexity index is 722. The number of ether oxygens (including phenoxy) is 3. The first kappa shape index (κ1) is 19.8. The number of hydrogen-bond acceptors (Lipinski definition) is 7. The van der Waals surface area contributed by atoms with Gasteiger partial charge in [-0.25, -0.2) is 9.59 Å². The summed E-state index contributed by atoms with van der Waals surface area (Å²) in [7, 11) is 0. The molecule has 0 amide bonds. The molecular formula is C20H26O7. The molecule has 148 valence electrons. The lowest BCUT2D eigenvalue weighted by atomic mass is 9.81. The molecule has 2 heterocycles. The molecule has 1 aliphatic carbocycles. The second-order valence-corrected chi connectivity index (χ2v) is 7.53. The molecule has 0 aromatic carbocycles. The highest BCUT2D eigenvalue weighted by atomic mass is 16.6. The number of aliphatic hydroxyl groups excluding tert-OH is 2. The zero-order valence-corrected chi connectivity index (χ0v) is 15.8. The molecule has 27 heavy (non-hydrogen) atoms. The van der Waals surface area contributed by atoms with E-state index in [2.05, 4.69) is 6.58 Å². The maximum absolute atomic E-state index is 12.4. The molecule has 2 fully saturated rings. The Morgan fingerprint density at radius 3 is 2.85 bits per heavy atom. The van der Waals surface area contributed by atoms with Gasteiger partial charge in [0.2, 0.25) is 0 Å². The fourth-order valence-corrected chi connectivity index (χ4v) is 3.77. The van der Waals surface area contributed by atoms with Crippen molar-refractivity contribution in [3.8, 4) is 0 Å². The van der Waals surface area contributed by atoms with Gasteiger partial charge in [-0.3, -0.25) is 0 Å². The number of allylic oxidation sites excluding steroid dienone is 1. The Hall–Kier alpha value is -1.96. The molecule has 3 aliphatic rings. The van der Waals surface area contributed by atoms with E-state index >= 15 is 0 Å². The van der Waals surface area contributed by atoms with Gasteiger partial charge in [-0.1, -0.05) is 12.7 Å². The highest BCUT2D eigenvalue weighted by molar-refractivity contribution is 5.92. The van der Waals surface area contributed by atoms with Crippen molar-refractivity contribution in [1.29, 1.82) is 0 Å². The van der Waals surface area contributed by atoms with Gasteiger partial charge in [0.1, 0.15) is 17.8 Å². The van der Waals surface area contributed by atoms with Crippen LogP contribution in [-0.4, -0.2) is 58.8 Å². The molecule has 3 rings (SSSR count). The third kappa shape index (κ3) is 3.59. The lowest BCUT2D eigenvalue weighted by Gasteiger charge is -2.29. The van der Waals surface area contributed by atoms with E-state index in [0.717, 1.165) is 0 Å². The summed E-state index contributed by atoms with van der Waals surface area (Å²) in [4.78, 5) is 24.5. The van der Waals surface area contributed by atoms with Gasteiger partial charge in [-0.15, -0.1) is 0 Å². The van der Waals surface area contributed by atoms with Crippen LogP contribution in [0.3, 0.4) is 0 Å². The second kappa shape index (κ2) is 7.22. The Labute approximate surface area is 158 Å². The van der Waals surface area contributed by atoms with Gasteiger partial charge in [-0.05, 0) is 32.4 Å². The molecule has 2 N–H and O–H groups in total. The number of epoxide rings is 1. The lowest BCUT2D eigenvalue weighted by molar-refractivity contribution is -0.148. The SMILES string of the molecule is C=C1C(=O)OC2C=C(C)C(O)CC3OC3(CO)CC(OC(=O)C(C)=CC)C12. The summed E-state index contributed by atoms with van der Waals surface area (Å²) in [6.45, 7) is 8.67. The van der Waals surface area contributed by atoms with Crippen LogP contribution in [0, 0.1) is 5.92 Å². The van der Waals surface area contributed by atoms with Crippen LogP contribution >= 0.6 is 0 Å². The minimum atomic E-state index is -0.913. The summed E-state index contributed by atoms with van der Waals surface area (Å²) in [5.41, 5.74) is 0.365. The molecule has 2 saturated heterocycles. The third-order valence-corrected chi connectivity index (χ3v) is 5.79. The summed E-state index contributed by atoms with van der Waals surface area (Å²) < 4.78 is 16.8. The second-order valence-electron chi connectivity index (χ2n) is 7.53. The van der Waals surface area contributed by atoms with Crippen LogP contribution in [-0.2, 0) is 23.8 Å². The maximum atomic E-state index is 12.4. The highest BCUT2D eigenvalue weighted by Gasteiger charge is 2.60. The van der Waals surface area contributed by atoms with Crippen molar-refractivity contribution < 1.29 is 34.0 Å². The van der Waals surface area contributed by atoms with Gasteiger partial charge in [-0.2, -0.15) is 0 Å². The summed E-state index contributed by atoms with van der Waals surface area (Å²) in [6, 6.07) is 0. The molecule has 7 nitrogen and oxygen atoms in total. The number of hydrogen-bond donors (Lipinski definition) is 2. The van der Waals surface area contributed by atoms with Crippen LogP contribution < -0.4 is 0 Å². The van der Waals surface area contributed by atoms with Gasteiger partial charge in [0.15, 0.2) is 0 Å². The van der Waals surface area contributed by atoms with E-state index in [9.17, 15) is 19.8 Å². The molecular weight excluding hydrogens is 352 g/mol. The molecule has 7 heteroatoms. The zero-order chi connectivity index (χ0) is 19.9. The predicted octanol–water partition coefficient (Wildman–Crippen LogP) is 1.19. The quantitative estimate of drug-likeness (QED) is 0.329. The van der Waals surface area contributed by atoms with Gasteiger partial charge in [0.25, 0.3) is 0 Å². The van der Waals surface area contributed by atoms with E-state index in [0.29, 0.717) is 17.6 Å². The summed E-state index contributed by atoms with van der Waals surface area (Å²) in [6.07, 6.45) is 1.24. The van der Waals surface area contributed by atoms with E-state index in [1.807, 2.05) is 0 Å². The minimum Gasteiger partial charge on any atom is -0.458 e. The largest absolute Gasteiger partial charge is 0.458 e. The average molecular weight is 378 g/mol. The fourth-order valence-electron chi connectivity index (χ4n) is 3.77. The molecule has 6 atom stereocenters. The van der Waals surface area contributed by atoms with Crippen LogP contribution in [0.5, 0.6) is 0 Å². The molecule has 2 aliphatic heterocycles. The summed E-state index contributed by atoms with van der Waals surface area (Å²) >= 11 is 0. The van der Waals surface area contributed by atoms with Crippen LogP contribution in [0.15, 0.2) is 35.5 Å². The number of carbonyl (C=O) groups is 2. The van der Waals surface area contributed by atoms with Crippen molar-refractivity contribution >= 4 is 11.9 Å². The van der Waals surface area contributed by atoms with Crippen LogP contribution in [0.1, 0.15) is 33.6 Å². The Morgan fingerprint density at radius 2 is 2.22 bits per heavy atom. The van der Waals surface area contributed by atoms with Crippen molar-refractivity contribution in [1.82, 2.24) is 0 Å². The standard InChI is InChI=1S/C20H26O7/c1-5-10(2)18(23)26-15-8-20(9-21)16(27-20)7-13(22)11(3)6-14-17(15)12(4)19(24)25-14/h5-6,13-17,21-22H,4,7-9H2,1-3H3. The van der Waals surface area contributed by atoms with Crippen molar-refractivity contribution in [2.75, 3.05) is 6.61 Å². The first-order valence-corrected chi connectivity index (χ1v) is 9.11. The molecule has 0 bridgehead atoms. The first-order chi connectivity index (χ1) is 12.7. The maximum Gasteiger partial charge on any atom is 0.334 e. The monoisotopic (exact) mass is 378 g/mol. The van der Waals surface area contributed by atoms with Gasteiger partial charge < -0.3 is 24.4 Å². The Balaban J connectivity index is 2.00. The van der Waals surface area contributed by atoms with Crippen molar-refractivity contribution in [3.63, 3.8) is 0 Å². The molecule has 0 radical (unpaired) electrons. The number of esters is 2. The molecule has 6 unspecified atom stereocenters. The van der Waals surface area contributed by atoms with E-state index in [-0.39, 0.29) is 24.7 Å². The highest BCUT2D eigenvalue weighted by Crippen LogP contribution is 2.48. The van der Waals surface area contributed by atoms with Crippen LogP contribution in [0.4, 0.5) is 0 Å². The smallest absolute Gasteiger partial charge is 0.334 e. The van der Waals surface area contributed by atoms with Crippen LogP contribution in [0.25, 0.3) is 0 Å². The lowest BCUT2D eigenvalue weighted by Crippen LogP contribution is -2.40. The molecule has 0 aromatic rings. The summed E-state index contributed by atoms with van der Waals surface area (Å²) in [5, 5.41) is 20.3. The Morgan fingerprint density at radius 1 is 1.52 bits per heavy atom. The van der Waals surface area contributed by atoms with Crippen molar-refractivity contribution in [2.24, 2.45) is 5.92 Å². The number of aliphatic hydroxyl groups is 2. The average Bonchev–Trinajstić information content (AvgIpc) is 3.23. The van der Waals surface area contributed by atoms with E-state index < -0.39 is 41.8 Å². The van der Waals surface area contributed by atoms with Gasteiger partial charge in [0.05, 0.1) is 24.7 Å². The number of fused-ring (bicyclic) bond motifs is 2. The van der Waals surface area contributed by atoms with E-state index in [1.165, 1.54) is 0 Å². The summed E-state index contributed by atoms with van der Waals surface area (Å²) in [5.74, 6) is -1.67. The van der Waals surface area contributed by atoms with Crippen molar-refractivity contribution in [3.05, 3.63) is 35.5 Å². The minimum absolute atomic E-state index is 0.188. The molecule has 0 saturated carbocycles. The molecule has 0 spiro atoms. The van der Waals surface area contributed by atoms with Crippen LogP contribution in [0.2, 0.25) is 0 Å². The molecule has 0 aromatic heterocycles.